The Morgan fingerprint density at radius 2 is 1.96 bits per heavy atom. The Morgan fingerprint density at radius 3 is 2.59 bits per heavy atom. The molecule has 6 heteroatoms. The zero-order valence-electron chi connectivity index (χ0n) is 16.4. The summed E-state index contributed by atoms with van der Waals surface area (Å²) >= 11 is 0. The highest BCUT2D eigenvalue weighted by molar-refractivity contribution is 14.0. The Bertz CT molecular complexity index is 750. The Hall–Kier alpha value is -1.54. The molecule has 148 valence electrons. The van der Waals surface area contributed by atoms with Crippen LogP contribution in [-0.4, -0.2) is 30.5 Å². The van der Waals surface area contributed by atoms with Crippen LogP contribution in [0.15, 0.2) is 45.8 Å². The predicted octanol–water partition coefficient (Wildman–Crippen LogP) is 4.89. The first-order valence-corrected chi connectivity index (χ1v) is 9.50. The molecule has 1 aliphatic heterocycles. The molecule has 0 bridgehead atoms. The molecule has 2 aromatic rings. The van der Waals surface area contributed by atoms with E-state index in [2.05, 4.69) is 47.3 Å². The maximum atomic E-state index is 6.15. The highest BCUT2D eigenvalue weighted by atomic mass is 127. The second kappa shape index (κ2) is 10.1. The summed E-state index contributed by atoms with van der Waals surface area (Å²) in [5.74, 6) is 2.84. The molecule has 0 spiro atoms. The van der Waals surface area contributed by atoms with Gasteiger partial charge in [0.25, 0.3) is 0 Å². The molecule has 0 aliphatic carbocycles. The van der Waals surface area contributed by atoms with Crippen molar-refractivity contribution < 1.29 is 4.42 Å². The third-order valence-electron chi connectivity index (χ3n) is 4.93. The van der Waals surface area contributed by atoms with Crippen LogP contribution in [0.4, 0.5) is 5.69 Å². The highest BCUT2D eigenvalue weighted by Crippen LogP contribution is 2.27. The number of guanidine groups is 1. The lowest BCUT2D eigenvalue weighted by Crippen LogP contribution is -2.30. The summed E-state index contributed by atoms with van der Waals surface area (Å²) in [4.78, 5) is 7.05. The summed E-state index contributed by atoms with van der Waals surface area (Å²) in [6.07, 6.45) is 2.46. The van der Waals surface area contributed by atoms with Gasteiger partial charge in [0.05, 0.1) is 12.6 Å². The molecule has 1 aromatic heterocycles. The van der Waals surface area contributed by atoms with E-state index in [1.807, 2.05) is 25.1 Å². The number of nitrogens with zero attached hydrogens (tertiary/aromatic N) is 2. The minimum Gasteiger partial charge on any atom is -0.465 e. The van der Waals surface area contributed by atoms with E-state index in [0.29, 0.717) is 18.4 Å². The lowest BCUT2D eigenvalue weighted by molar-refractivity contribution is 0.219. The summed E-state index contributed by atoms with van der Waals surface area (Å²) in [6, 6.07) is 12.5. The van der Waals surface area contributed by atoms with Crippen LogP contribution in [0.2, 0.25) is 0 Å². The third-order valence-corrected chi connectivity index (χ3v) is 4.93. The molecular weight excluding hydrogens is 451 g/mol. The molecule has 27 heavy (non-hydrogen) atoms. The van der Waals surface area contributed by atoms with Crippen LogP contribution in [0.1, 0.15) is 55.7 Å². The molecule has 1 aliphatic rings. The number of likely N-dealkylation sites (tertiary alicyclic amines) is 1. The van der Waals surface area contributed by atoms with Crippen molar-refractivity contribution in [2.45, 2.75) is 45.6 Å². The zero-order valence-corrected chi connectivity index (χ0v) is 18.8. The van der Waals surface area contributed by atoms with Crippen LogP contribution in [0, 0.1) is 6.92 Å². The van der Waals surface area contributed by atoms with Crippen molar-refractivity contribution in [1.29, 1.82) is 0 Å². The van der Waals surface area contributed by atoms with E-state index in [1.54, 1.807) is 0 Å². The SMILES string of the molecule is Cc1ccc(C(CN=C(N)Nc2cccc(C(C)C)c2)N2CCCC2)o1.I. The Balaban J connectivity index is 0.00000261. The van der Waals surface area contributed by atoms with Gasteiger partial charge in [-0.1, -0.05) is 26.0 Å². The molecule has 1 unspecified atom stereocenters. The van der Waals surface area contributed by atoms with Crippen LogP contribution in [-0.2, 0) is 0 Å². The number of anilines is 1. The van der Waals surface area contributed by atoms with Crippen molar-refractivity contribution in [3.8, 4) is 0 Å². The molecule has 1 aromatic carbocycles. The van der Waals surface area contributed by atoms with Gasteiger partial charge in [0.1, 0.15) is 11.5 Å². The third kappa shape index (κ3) is 5.97. The van der Waals surface area contributed by atoms with Crippen LogP contribution >= 0.6 is 24.0 Å². The quantitative estimate of drug-likeness (QED) is 0.350. The Morgan fingerprint density at radius 1 is 1.22 bits per heavy atom. The standard InChI is InChI=1S/C21H30N4O.HI/c1-15(2)17-7-6-8-18(13-17)24-21(22)23-14-19(25-11-4-5-12-25)20-10-9-16(3)26-20;/h6-10,13,15,19H,4-5,11-12,14H2,1-3H3,(H3,22,23,24);1H. The van der Waals surface area contributed by atoms with E-state index in [9.17, 15) is 0 Å². The molecule has 3 N–H and O–H groups in total. The van der Waals surface area contributed by atoms with E-state index in [1.165, 1.54) is 18.4 Å². The highest BCUT2D eigenvalue weighted by Gasteiger charge is 2.25. The maximum Gasteiger partial charge on any atom is 0.193 e. The molecule has 1 fully saturated rings. The fourth-order valence-corrected chi connectivity index (χ4v) is 3.42. The van der Waals surface area contributed by atoms with Gasteiger partial charge >= 0.3 is 0 Å². The number of furan rings is 1. The van der Waals surface area contributed by atoms with Gasteiger partial charge in [-0.2, -0.15) is 0 Å². The topological polar surface area (TPSA) is 66.8 Å². The largest absolute Gasteiger partial charge is 0.465 e. The van der Waals surface area contributed by atoms with Crippen molar-refractivity contribution >= 4 is 35.6 Å². The molecule has 0 radical (unpaired) electrons. The Kier molecular flexibility index (Phi) is 8.16. The summed E-state index contributed by atoms with van der Waals surface area (Å²) in [5, 5.41) is 3.22. The van der Waals surface area contributed by atoms with Crippen molar-refractivity contribution in [2.24, 2.45) is 10.7 Å². The predicted molar refractivity (Wildman–Crippen MR) is 123 cm³/mol. The number of aliphatic imine (C=N–C) groups is 1. The molecule has 0 amide bonds. The number of aryl methyl sites for hydroxylation is 1. The lowest BCUT2D eigenvalue weighted by Gasteiger charge is -2.24. The van der Waals surface area contributed by atoms with Crippen LogP contribution < -0.4 is 11.1 Å². The first-order valence-electron chi connectivity index (χ1n) is 9.50. The van der Waals surface area contributed by atoms with Gasteiger partial charge in [-0.05, 0) is 68.6 Å². The summed E-state index contributed by atoms with van der Waals surface area (Å²) in [7, 11) is 0. The number of halogens is 1. The summed E-state index contributed by atoms with van der Waals surface area (Å²) in [6.45, 7) is 9.11. The summed E-state index contributed by atoms with van der Waals surface area (Å²) in [5.41, 5.74) is 8.41. The molecule has 5 nitrogen and oxygen atoms in total. The van der Waals surface area contributed by atoms with Gasteiger partial charge in [-0.15, -0.1) is 24.0 Å². The average molecular weight is 482 g/mol. The van der Waals surface area contributed by atoms with Gasteiger partial charge in [0, 0.05) is 5.69 Å². The average Bonchev–Trinajstić information content (AvgIpc) is 3.28. The number of nitrogens with two attached hydrogens (primary N) is 1. The number of hydrogen-bond acceptors (Lipinski definition) is 3. The van der Waals surface area contributed by atoms with Gasteiger partial charge in [0.2, 0.25) is 0 Å². The van der Waals surface area contributed by atoms with Crippen molar-refractivity contribution in [2.75, 3.05) is 25.0 Å². The van der Waals surface area contributed by atoms with Crippen LogP contribution in [0.5, 0.6) is 0 Å². The number of nitrogens with one attached hydrogen (secondary N) is 1. The smallest absolute Gasteiger partial charge is 0.193 e. The normalized spacial score (nSPS) is 16.4. The molecule has 2 heterocycles. The summed E-state index contributed by atoms with van der Waals surface area (Å²) < 4.78 is 5.88. The number of benzene rings is 1. The van der Waals surface area contributed by atoms with Gasteiger partial charge < -0.3 is 15.5 Å². The van der Waals surface area contributed by atoms with Gasteiger partial charge in [-0.3, -0.25) is 9.89 Å². The van der Waals surface area contributed by atoms with E-state index >= 15 is 0 Å². The van der Waals surface area contributed by atoms with E-state index in [-0.39, 0.29) is 30.0 Å². The van der Waals surface area contributed by atoms with Crippen LogP contribution in [0.25, 0.3) is 0 Å². The van der Waals surface area contributed by atoms with Crippen LogP contribution in [0.3, 0.4) is 0 Å². The lowest BCUT2D eigenvalue weighted by atomic mass is 10.0. The molecular formula is C21H31IN4O. The first kappa shape index (κ1) is 21.8. The number of hydrogen-bond donors (Lipinski definition) is 2. The van der Waals surface area contributed by atoms with E-state index in [4.69, 9.17) is 10.2 Å². The Labute approximate surface area is 179 Å². The van der Waals surface area contributed by atoms with Crippen molar-refractivity contribution in [3.05, 3.63) is 53.5 Å². The maximum absolute atomic E-state index is 6.15. The molecule has 1 atom stereocenters. The van der Waals surface area contributed by atoms with Gasteiger partial charge in [-0.25, -0.2) is 0 Å². The van der Waals surface area contributed by atoms with Gasteiger partial charge in [0.15, 0.2) is 5.96 Å². The zero-order chi connectivity index (χ0) is 18.5. The fourth-order valence-electron chi connectivity index (χ4n) is 3.42. The minimum absolute atomic E-state index is 0. The monoisotopic (exact) mass is 482 g/mol. The second-order valence-corrected chi connectivity index (χ2v) is 7.34. The first-order chi connectivity index (χ1) is 12.5. The minimum atomic E-state index is 0. The molecule has 0 saturated carbocycles. The second-order valence-electron chi connectivity index (χ2n) is 7.34. The molecule has 1 saturated heterocycles. The van der Waals surface area contributed by atoms with Crippen molar-refractivity contribution in [3.63, 3.8) is 0 Å². The van der Waals surface area contributed by atoms with Crippen molar-refractivity contribution in [1.82, 2.24) is 4.90 Å². The fraction of sp³-hybridized carbons (Fsp3) is 0.476. The molecule has 3 rings (SSSR count). The van der Waals surface area contributed by atoms with E-state index in [0.717, 1.165) is 30.3 Å². The van der Waals surface area contributed by atoms with E-state index < -0.39 is 0 Å². The number of rotatable bonds is 6.